The molecule has 0 unspecified atom stereocenters. The monoisotopic (exact) mass is 511 g/mol. The van der Waals surface area contributed by atoms with Crippen LogP contribution >= 0.6 is 0 Å². The minimum absolute atomic E-state index is 0.0715. The first-order valence-corrected chi connectivity index (χ1v) is 13.0. The number of nitrogens with one attached hydrogen (secondary N) is 3. The number of rotatable bonds is 7. The number of hydrogen-bond acceptors (Lipinski definition) is 9. The molecule has 1 aromatic carbocycles. The highest BCUT2D eigenvalue weighted by Crippen LogP contribution is 2.34. The van der Waals surface area contributed by atoms with Crippen molar-refractivity contribution in [2.24, 2.45) is 0 Å². The van der Waals surface area contributed by atoms with Crippen molar-refractivity contribution < 1.29 is 21.6 Å². The molecule has 0 bridgehead atoms. The third kappa shape index (κ3) is 5.84. The summed E-state index contributed by atoms with van der Waals surface area (Å²) in [4.78, 5) is 13.2. The van der Waals surface area contributed by atoms with Gasteiger partial charge in [0.2, 0.25) is 5.95 Å². The Balaban J connectivity index is 1.66. The third-order valence-corrected chi connectivity index (χ3v) is 8.02. The molecule has 0 spiro atoms. The van der Waals surface area contributed by atoms with Crippen molar-refractivity contribution in [3.05, 3.63) is 35.4 Å². The lowest BCUT2D eigenvalue weighted by molar-refractivity contribution is -0.137. The summed E-state index contributed by atoms with van der Waals surface area (Å²) in [6, 6.07) is 4.93. The van der Waals surface area contributed by atoms with Gasteiger partial charge in [0.1, 0.15) is 21.5 Å². The van der Waals surface area contributed by atoms with Gasteiger partial charge in [-0.25, -0.2) is 8.42 Å². The molecule has 2 fully saturated rings. The van der Waals surface area contributed by atoms with Crippen molar-refractivity contribution in [3.8, 4) is 0 Å². The van der Waals surface area contributed by atoms with Gasteiger partial charge in [0.25, 0.3) is 0 Å². The molecule has 35 heavy (non-hydrogen) atoms. The Labute approximate surface area is 202 Å². The van der Waals surface area contributed by atoms with E-state index in [9.17, 15) is 21.6 Å². The van der Waals surface area contributed by atoms with Crippen LogP contribution in [0.5, 0.6) is 0 Å². The van der Waals surface area contributed by atoms with Crippen LogP contribution in [0.4, 0.5) is 36.4 Å². The van der Waals surface area contributed by atoms with E-state index in [2.05, 4.69) is 25.5 Å². The Kier molecular flexibility index (Phi) is 6.91. The number of hydrogen-bond donors (Lipinski definition) is 3. The first kappa shape index (κ1) is 25.2. The molecule has 0 atom stereocenters. The van der Waals surface area contributed by atoms with Crippen LogP contribution in [0, 0.1) is 5.41 Å². The molecule has 9 nitrogen and oxygen atoms in total. The van der Waals surface area contributed by atoms with Crippen LogP contribution in [0.15, 0.2) is 24.3 Å². The van der Waals surface area contributed by atoms with Gasteiger partial charge in [-0.2, -0.15) is 23.1 Å². The van der Waals surface area contributed by atoms with Crippen LogP contribution in [0.3, 0.4) is 0 Å². The van der Waals surface area contributed by atoms with E-state index in [1.165, 1.54) is 12.1 Å². The second-order valence-corrected chi connectivity index (χ2v) is 11.4. The quantitative estimate of drug-likeness (QED) is 0.486. The lowest BCUT2D eigenvalue weighted by Crippen LogP contribution is -2.58. The topological polar surface area (TPSA) is 114 Å². The van der Waals surface area contributed by atoms with E-state index in [1.807, 2.05) is 19.0 Å². The Morgan fingerprint density at radius 1 is 1.17 bits per heavy atom. The molecular formula is C22H28F3N7O2S. The first-order chi connectivity index (χ1) is 16.4. The lowest BCUT2D eigenvalue weighted by atomic mass is 10.1. The molecule has 0 aliphatic carbocycles. The van der Waals surface area contributed by atoms with Crippen LogP contribution in [0.25, 0.3) is 0 Å². The van der Waals surface area contributed by atoms with Gasteiger partial charge in [0, 0.05) is 37.1 Å². The summed E-state index contributed by atoms with van der Waals surface area (Å²) in [6.45, 7) is 1.35. The van der Waals surface area contributed by atoms with Crippen LogP contribution in [0.2, 0.25) is 0 Å². The molecule has 13 heteroatoms. The van der Waals surface area contributed by atoms with Crippen LogP contribution < -0.4 is 15.5 Å². The number of nitrogens with zero attached hydrogens (tertiary/aromatic N) is 4. The SMILES string of the molecule is CN(C)C1CN(c2nc(NC3CCS(=O)(=O)CC3)nc(Nc3cccc(C(F)(F)F)c3)c2C=N)C1. The maximum Gasteiger partial charge on any atom is 0.416 e. The number of anilines is 4. The number of sulfone groups is 1. The number of benzene rings is 1. The van der Waals surface area contributed by atoms with E-state index in [0.29, 0.717) is 43.4 Å². The van der Waals surface area contributed by atoms with Gasteiger partial charge >= 0.3 is 6.18 Å². The maximum atomic E-state index is 13.2. The van der Waals surface area contributed by atoms with Gasteiger partial charge < -0.3 is 25.8 Å². The van der Waals surface area contributed by atoms with Gasteiger partial charge in [0.05, 0.1) is 22.6 Å². The highest BCUT2D eigenvalue weighted by Gasteiger charge is 2.33. The largest absolute Gasteiger partial charge is 0.416 e. The summed E-state index contributed by atoms with van der Waals surface area (Å²) in [5.74, 6) is 1.07. The summed E-state index contributed by atoms with van der Waals surface area (Å²) in [5.41, 5.74) is -0.264. The van der Waals surface area contributed by atoms with Crippen molar-refractivity contribution >= 4 is 39.3 Å². The van der Waals surface area contributed by atoms with Gasteiger partial charge in [-0.1, -0.05) is 6.07 Å². The van der Waals surface area contributed by atoms with Crippen molar-refractivity contribution in [1.82, 2.24) is 14.9 Å². The number of halogens is 3. The molecule has 2 saturated heterocycles. The van der Waals surface area contributed by atoms with E-state index in [1.54, 1.807) is 0 Å². The van der Waals surface area contributed by atoms with E-state index in [4.69, 9.17) is 5.41 Å². The van der Waals surface area contributed by atoms with Crippen LogP contribution in [-0.4, -0.2) is 80.3 Å². The molecule has 3 heterocycles. The van der Waals surface area contributed by atoms with Crippen molar-refractivity contribution in [2.75, 3.05) is 54.2 Å². The number of aromatic nitrogens is 2. The predicted octanol–water partition coefficient (Wildman–Crippen LogP) is 2.98. The predicted molar refractivity (Wildman–Crippen MR) is 130 cm³/mol. The van der Waals surface area contributed by atoms with Gasteiger partial charge in [-0.3, -0.25) is 0 Å². The Bertz CT molecular complexity index is 1180. The molecular weight excluding hydrogens is 483 g/mol. The molecule has 2 aliphatic rings. The van der Waals surface area contributed by atoms with Crippen molar-refractivity contribution in [1.29, 1.82) is 5.41 Å². The van der Waals surface area contributed by atoms with E-state index in [-0.39, 0.29) is 35.0 Å². The summed E-state index contributed by atoms with van der Waals surface area (Å²) < 4.78 is 63.2. The molecule has 4 rings (SSSR count). The molecule has 2 aliphatic heterocycles. The molecule has 0 radical (unpaired) electrons. The standard InChI is InChI=1S/C22H28F3N7O2S/c1-31(2)17-12-32(13-17)20-18(11-26)19(27-16-5-3-4-14(10-16)22(23,24)25)29-21(30-20)28-15-6-8-35(33,34)9-7-15/h3-5,10-11,15,17,26H,6-9,12-13H2,1-2H3,(H2,27,28,29,30). The minimum atomic E-state index is -4.49. The molecule has 0 saturated carbocycles. The van der Waals surface area contributed by atoms with Crippen molar-refractivity contribution in [2.45, 2.75) is 31.1 Å². The maximum absolute atomic E-state index is 13.2. The fourth-order valence-corrected chi connectivity index (χ4v) is 5.56. The normalized spacial score (nSPS) is 18.9. The second kappa shape index (κ2) is 9.61. The fourth-order valence-electron chi connectivity index (χ4n) is 4.07. The van der Waals surface area contributed by atoms with Crippen LogP contribution in [-0.2, 0) is 16.0 Å². The second-order valence-electron chi connectivity index (χ2n) is 9.07. The molecule has 1 aromatic heterocycles. The zero-order chi connectivity index (χ0) is 25.4. The summed E-state index contributed by atoms with van der Waals surface area (Å²) in [7, 11) is 0.911. The van der Waals surface area contributed by atoms with Crippen molar-refractivity contribution in [3.63, 3.8) is 0 Å². The fraction of sp³-hybridized carbons (Fsp3) is 0.500. The molecule has 190 valence electrons. The zero-order valence-electron chi connectivity index (χ0n) is 19.4. The molecule has 0 amide bonds. The first-order valence-electron chi connectivity index (χ1n) is 11.2. The van der Waals surface area contributed by atoms with E-state index >= 15 is 0 Å². The zero-order valence-corrected chi connectivity index (χ0v) is 20.2. The Hall–Kier alpha value is -2.93. The van der Waals surface area contributed by atoms with E-state index < -0.39 is 21.6 Å². The Morgan fingerprint density at radius 3 is 2.46 bits per heavy atom. The molecule has 3 N–H and O–H groups in total. The summed E-state index contributed by atoms with van der Waals surface area (Å²) in [6.07, 6.45) is -2.58. The number of likely N-dealkylation sites (N-methyl/N-ethyl adjacent to an activating group) is 1. The number of alkyl halides is 3. The minimum Gasteiger partial charge on any atom is -0.353 e. The Morgan fingerprint density at radius 2 is 1.86 bits per heavy atom. The summed E-state index contributed by atoms with van der Waals surface area (Å²) in [5, 5.41) is 14.1. The average Bonchev–Trinajstić information content (AvgIpc) is 2.73. The highest BCUT2D eigenvalue weighted by atomic mass is 32.2. The van der Waals surface area contributed by atoms with Gasteiger partial charge in [0.15, 0.2) is 0 Å². The summed E-state index contributed by atoms with van der Waals surface area (Å²) >= 11 is 0. The van der Waals surface area contributed by atoms with E-state index in [0.717, 1.165) is 18.3 Å². The molecule has 2 aromatic rings. The van der Waals surface area contributed by atoms with Crippen LogP contribution in [0.1, 0.15) is 24.0 Å². The van der Waals surface area contributed by atoms with Gasteiger partial charge in [-0.05, 0) is 45.1 Å². The van der Waals surface area contributed by atoms with Gasteiger partial charge in [-0.15, -0.1) is 0 Å². The highest BCUT2D eigenvalue weighted by molar-refractivity contribution is 7.91. The third-order valence-electron chi connectivity index (χ3n) is 6.30. The smallest absolute Gasteiger partial charge is 0.353 e. The average molecular weight is 512 g/mol. The lowest BCUT2D eigenvalue weighted by Gasteiger charge is -2.44.